The molecule has 0 aliphatic rings. The van der Waals surface area contributed by atoms with Gasteiger partial charge in [0.1, 0.15) is 11.6 Å². The summed E-state index contributed by atoms with van der Waals surface area (Å²) in [6.07, 6.45) is 0.517. The van der Waals surface area contributed by atoms with Gasteiger partial charge in [-0.3, -0.25) is 9.36 Å². The molecular weight excluding hydrogens is 431 g/mol. The quantitative estimate of drug-likeness (QED) is 0.414. The van der Waals surface area contributed by atoms with Crippen LogP contribution in [-0.4, -0.2) is 27.5 Å². The molecular formula is C27H27FN4O2. The maximum Gasteiger partial charge on any atom is 0.322 e. The van der Waals surface area contributed by atoms with Crippen LogP contribution in [0.4, 0.5) is 14.9 Å². The molecule has 0 saturated heterocycles. The molecule has 0 aliphatic heterocycles. The molecule has 3 aromatic carbocycles. The van der Waals surface area contributed by atoms with Gasteiger partial charge in [-0.05, 0) is 62.2 Å². The first-order valence-electron chi connectivity index (χ1n) is 11.2. The van der Waals surface area contributed by atoms with Crippen molar-refractivity contribution < 1.29 is 9.18 Å². The van der Waals surface area contributed by atoms with Crippen LogP contribution in [0.3, 0.4) is 0 Å². The average molecular weight is 459 g/mol. The van der Waals surface area contributed by atoms with Gasteiger partial charge in [0.2, 0.25) is 0 Å². The van der Waals surface area contributed by atoms with Crippen molar-refractivity contribution in [2.45, 2.75) is 33.2 Å². The molecule has 4 aromatic rings. The molecule has 6 nitrogen and oxygen atoms in total. The zero-order valence-corrected chi connectivity index (χ0v) is 19.7. The number of aryl methyl sites for hydroxylation is 2. The summed E-state index contributed by atoms with van der Waals surface area (Å²) in [5.74, 6) is 0.0300. The van der Waals surface area contributed by atoms with Gasteiger partial charge in [0.05, 0.1) is 22.6 Å². The minimum atomic E-state index is -0.508. The maximum atomic E-state index is 13.7. The number of carbonyl (C=O) groups is 1. The molecule has 7 heteroatoms. The van der Waals surface area contributed by atoms with Gasteiger partial charge in [-0.1, -0.05) is 42.8 Å². The van der Waals surface area contributed by atoms with Crippen molar-refractivity contribution in [2.24, 2.45) is 0 Å². The van der Waals surface area contributed by atoms with E-state index >= 15 is 0 Å². The number of benzene rings is 3. The Morgan fingerprint density at radius 2 is 1.85 bits per heavy atom. The Kier molecular flexibility index (Phi) is 6.45. The number of rotatable bonds is 5. The molecule has 0 aliphatic carbocycles. The molecule has 1 atom stereocenters. The van der Waals surface area contributed by atoms with Gasteiger partial charge in [0.15, 0.2) is 0 Å². The molecule has 174 valence electrons. The molecule has 1 N–H and O–H groups in total. The number of amides is 2. The number of hydrogen-bond donors (Lipinski definition) is 1. The summed E-state index contributed by atoms with van der Waals surface area (Å²) in [5, 5.41) is 3.24. The van der Waals surface area contributed by atoms with Crippen molar-refractivity contribution in [2.75, 3.05) is 12.4 Å². The minimum absolute atomic E-state index is 0.190. The second-order valence-electron chi connectivity index (χ2n) is 8.39. The summed E-state index contributed by atoms with van der Waals surface area (Å²) in [4.78, 5) is 33.1. The van der Waals surface area contributed by atoms with Crippen molar-refractivity contribution in [1.82, 2.24) is 14.5 Å². The van der Waals surface area contributed by atoms with E-state index in [2.05, 4.69) is 5.32 Å². The summed E-state index contributed by atoms with van der Waals surface area (Å²) in [7, 11) is 1.65. The lowest BCUT2D eigenvalue weighted by molar-refractivity contribution is 0.199. The first-order valence-corrected chi connectivity index (χ1v) is 11.2. The molecule has 0 fully saturated rings. The molecule has 0 spiro atoms. The smallest absolute Gasteiger partial charge is 0.317 e. The van der Waals surface area contributed by atoms with E-state index in [1.807, 2.05) is 51.1 Å². The van der Waals surface area contributed by atoms with Crippen LogP contribution in [0.1, 0.15) is 36.3 Å². The third-order valence-electron chi connectivity index (χ3n) is 5.94. The van der Waals surface area contributed by atoms with Crippen LogP contribution >= 0.6 is 0 Å². The predicted molar refractivity (Wildman–Crippen MR) is 133 cm³/mol. The van der Waals surface area contributed by atoms with Crippen LogP contribution in [0.25, 0.3) is 16.6 Å². The number of para-hydroxylation sites is 1. The Hall–Kier alpha value is -4.00. The molecule has 0 bridgehead atoms. The largest absolute Gasteiger partial charge is 0.322 e. The fraction of sp³-hybridized carbons (Fsp3) is 0.222. The predicted octanol–water partition coefficient (Wildman–Crippen LogP) is 5.76. The zero-order valence-electron chi connectivity index (χ0n) is 19.7. The van der Waals surface area contributed by atoms with Crippen molar-refractivity contribution in [1.29, 1.82) is 0 Å². The van der Waals surface area contributed by atoms with Crippen LogP contribution < -0.4 is 10.9 Å². The Bertz CT molecular complexity index is 1430. The number of nitrogens with one attached hydrogen (secondary N) is 1. The number of fused-ring (bicyclic) bond motifs is 1. The van der Waals surface area contributed by atoms with E-state index in [-0.39, 0.29) is 5.56 Å². The number of halogens is 1. The van der Waals surface area contributed by atoms with Crippen LogP contribution in [0.2, 0.25) is 0 Å². The summed E-state index contributed by atoms with van der Waals surface area (Å²) in [5.41, 5.74) is 3.47. The second kappa shape index (κ2) is 9.47. The van der Waals surface area contributed by atoms with Gasteiger partial charge in [-0.25, -0.2) is 14.2 Å². The van der Waals surface area contributed by atoms with Crippen LogP contribution in [0.5, 0.6) is 0 Å². The molecule has 1 heterocycles. The van der Waals surface area contributed by atoms with Crippen LogP contribution in [-0.2, 0) is 0 Å². The maximum absolute atomic E-state index is 13.7. The average Bonchev–Trinajstić information content (AvgIpc) is 2.80. The van der Waals surface area contributed by atoms with Gasteiger partial charge in [-0.15, -0.1) is 0 Å². The number of hydrogen-bond acceptors (Lipinski definition) is 3. The van der Waals surface area contributed by atoms with Crippen LogP contribution in [0.15, 0.2) is 71.5 Å². The second-order valence-corrected chi connectivity index (χ2v) is 8.39. The highest BCUT2D eigenvalue weighted by atomic mass is 19.1. The summed E-state index contributed by atoms with van der Waals surface area (Å²) >= 11 is 0. The molecule has 0 saturated carbocycles. The van der Waals surface area contributed by atoms with Gasteiger partial charge in [0, 0.05) is 12.7 Å². The topological polar surface area (TPSA) is 67.2 Å². The van der Waals surface area contributed by atoms with Crippen molar-refractivity contribution in [3.05, 3.63) is 99.9 Å². The fourth-order valence-electron chi connectivity index (χ4n) is 4.21. The SMILES string of the molecule is CCC(c1nc2ccccc2c(=O)n1-c1ccc(C)cc1C)N(C)C(=O)Nc1cccc(F)c1. The summed E-state index contributed by atoms with van der Waals surface area (Å²) in [6.45, 7) is 5.89. The minimum Gasteiger partial charge on any atom is -0.317 e. The van der Waals surface area contributed by atoms with E-state index < -0.39 is 17.9 Å². The Labute approximate surface area is 197 Å². The standard InChI is InChI=1S/C27H27FN4O2/c1-5-23(31(4)27(34)29-20-10-8-9-19(28)16-20)25-30-22-12-7-6-11-21(22)26(33)32(25)24-14-13-17(2)15-18(24)3/h6-16,23H,5H2,1-4H3,(H,29,34). The highest BCUT2D eigenvalue weighted by Gasteiger charge is 2.27. The number of urea groups is 1. The van der Waals surface area contributed by atoms with E-state index in [1.54, 1.807) is 29.8 Å². The molecule has 1 aromatic heterocycles. The van der Waals surface area contributed by atoms with E-state index in [0.717, 1.165) is 16.8 Å². The molecule has 34 heavy (non-hydrogen) atoms. The number of aromatic nitrogens is 2. The summed E-state index contributed by atoms with van der Waals surface area (Å²) in [6, 6.07) is 17.9. The Morgan fingerprint density at radius 1 is 1.09 bits per heavy atom. The first kappa shape index (κ1) is 23.2. The van der Waals surface area contributed by atoms with Gasteiger partial charge < -0.3 is 10.2 Å². The van der Waals surface area contributed by atoms with Crippen molar-refractivity contribution in [3.8, 4) is 5.69 Å². The van der Waals surface area contributed by atoms with E-state index in [0.29, 0.717) is 28.8 Å². The number of nitrogens with zero attached hydrogens (tertiary/aromatic N) is 3. The molecule has 4 rings (SSSR count). The summed E-state index contributed by atoms with van der Waals surface area (Å²) < 4.78 is 15.2. The Morgan fingerprint density at radius 3 is 2.56 bits per heavy atom. The van der Waals surface area contributed by atoms with E-state index in [9.17, 15) is 14.0 Å². The van der Waals surface area contributed by atoms with Gasteiger partial charge >= 0.3 is 6.03 Å². The molecule has 1 unspecified atom stereocenters. The van der Waals surface area contributed by atoms with Gasteiger partial charge in [0.25, 0.3) is 5.56 Å². The third-order valence-corrected chi connectivity index (χ3v) is 5.94. The Balaban J connectivity index is 1.85. The fourth-order valence-corrected chi connectivity index (χ4v) is 4.21. The number of carbonyl (C=O) groups excluding carboxylic acids is 1. The lowest BCUT2D eigenvalue weighted by Crippen LogP contribution is -2.38. The van der Waals surface area contributed by atoms with Crippen LogP contribution in [0, 0.1) is 19.7 Å². The monoisotopic (exact) mass is 458 g/mol. The molecule has 0 radical (unpaired) electrons. The lowest BCUT2D eigenvalue weighted by Gasteiger charge is -2.29. The molecule has 2 amide bonds. The van der Waals surface area contributed by atoms with E-state index in [1.165, 1.54) is 23.1 Å². The van der Waals surface area contributed by atoms with Crippen molar-refractivity contribution >= 4 is 22.6 Å². The third kappa shape index (κ3) is 4.41. The van der Waals surface area contributed by atoms with E-state index in [4.69, 9.17) is 4.98 Å². The highest BCUT2D eigenvalue weighted by molar-refractivity contribution is 5.89. The van der Waals surface area contributed by atoms with Crippen molar-refractivity contribution in [3.63, 3.8) is 0 Å². The normalized spacial score (nSPS) is 11.9. The first-order chi connectivity index (χ1) is 16.3. The lowest BCUT2D eigenvalue weighted by atomic mass is 10.1. The zero-order chi connectivity index (χ0) is 24.4. The highest BCUT2D eigenvalue weighted by Crippen LogP contribution is 2.27. The van der Waals surface area contributed by atoms with Gasteiger partial charge in [-0.2, -0.15) is 0 Å². The number of anilines is 1.